The van der Waals surface area contributed by atoms with Gasteiger partial charge < -0.3 is 0 Å². The highest BCUT2D eigenvalue weighted by molar-refractivity contribution is 7.18. The van der Waals surface area contributed by atoms with Gasteiger partial charge in [0.2, 0.25) is 0 Å². The van der Waals surface area contributed by atoms with Crippen LogP contribution in [0.4, 0.5) is 0 Å². The minimum Gasteiger partial charge on any atom is -0.292 e. The second kappa shape index (κ2) is 7.77. The first-order valence-corrected chi connectivity index (χ1v) is 11.6. The van der Waals surface area contributed by atoms with Crippen molar-refractivity contribution in [2.75, 3.05) is 0 Å². The zero-order valence-corrected chi connectivity index (χ0v) is 19.3. The highest BCUT2D eigenvalue weighted by Crippen LogP contribution is 2.41. The Labute approximate surface area is 182 Å². The lowest BCUT2D eigenvalue weighted by molar-refractivity contribution is 0.0970. The van der Waals surface area contributed by atoms with E-state index in [9.17, 15) is 9.59 Å². The van der Waals surface area contributed by atoms with Gasteiger partial charge in [-0.05, 0) is 47.6 Å². The predicted octanol–water partition coefficient (Wildman–Crippen LogP) is 5.62. The van der Waals surface area contributed by atoms with Gasteiger partial charge in [0.1, 0.15) is 4.83 Å². The Morgan fingerprint density at radius 1 is 1.23 bits per heavy atom. The lowest BCUT2D eigenvalue weighted by atomic mass is 9.72. The SMILES string of the molecule is CC(C)c1ccc(C(=O)Cn2cnc3sc4c(c3c2=O)CCC(C(C)(C)C)C4)cc1. The van der Waals surface area contributed by atoms with Crippen LogP contribution in [0.3, 0.4) is 0 Å². The minimum absolute atomic E-state index is 0.0258. The second-order valence-electron chi connectivity index (χ2n) is 9.87. The van der Waals surface area contributed by atoms with E-state index >= 15 is 0 Å². The van der Waals surface area contributed by atoms with Crippen LogP contribution in [-0.4, -0.2) is 15.3 Å². The van der Waals surface area contributed by atoms with Crippen LogP contribution in [-0.2, 0) is 19.4 Å². The zero-order chi connectivity index (χ0) is 21.6. The first-order valence-electron chi connectivity index (χ1n) is 10.8. The van der Waals surface area contributed by atoms with Crippen LogP contribution in [0.15, 0.2) is 35.4 Å². The Morgan fingerprint density at radius 2 is 1.93 bits per heavy atom. The maximum absolute atomic E-state index is 13.2. The van der Waals surface area contributed by atoms with Crippen LogP contribution in [0, 0.1) is 11.3 Å². The molecule has 0 aliphatic heterocycles. The molecule has 0 bridgehead atoms. The Bertz CT molecular complexity index is 1150. The Morgan fingerprint density at radius 3 is 2.57 bits per heavy atom. The van der Waals surface area contributed by atoms with Crippen LogP contribution in [0.2, 0.25) is 0 Å². The third kappa shape index (κ3) is 3.87. The fourth-order valence-corrected chi connectivity index (χ4v) is 5.61. The van der Waals surface area contributed by atoms with E-state index in [0.717, 1.165) is 35.0 Å². The molecule has 5 heteroatoms. The zero-order valence-electron chi connectivity index (χ0n) is 18.5. The predicted molar refractivity (Wildman–Crippen MR) is 124 cm³/mol. The molecule has 3 aromatic rings. The fourth-order valence-electron chi connectivity index (χ4n) is 4.35. The number of benzene rings is 1. The average Bonchev–Trinajstić information content (AvgIpc) is 3.08. The van der Waals surface area contributed by atoms with Crippen LogP contribution in [0.1, 0.15) is 73.3 Å². The maximum atomic E-state index is 13.2. The number of Topliss-reactive ketones (excluding diaryl/α,β-unsaturated/α-hetero) is 1. The van der Waals surface area contributed by atoms with Crippen molar-refractivity contribution in [3.63, 3.8) is 0 Å². The first-order chi connectivity index (χ1) is 14.1. The lowest BCUT2D eigenvalue weighted by Crippen LogP contribution is -2.27. The Kier molecular flexibility index (Phi) is 5.43. The molecular weight excluding hydrogens is 392 g/mol. The maximum Gasteiger partial charge on any atom is 0.262 e. The monoisotopic (exact) mass is 422 g/mol. The van der Waals surface area contributed by atoms with Gasteiger partial charge in [0.25, 0.3) is 5.56 Å². The topological polar surface area (TPSA) is 52.0 Å². The van der Waals surface area contributed by atoms with Crippen molar-refractivity contribution in [3.05, 3.63) is 62.5 Å². The number of nitrogens with zero attached hydrogens (tertiary/aromatic N) is 2. The van der Waals surface area contributed by atoms with E-state index in [-0.39, 0.29) is 23.3 Å². The van der Waals surface area contributed by atoms with E-state index in [1.165, 1.54) is 21.3 Å². The molecule has 1 aromatic carbocycles. The molecule has 1 aliphatic carbocycles. The van der Waals surface area contributed by atoms with Crippen molar-refractivity contribution in [1.29, 1.82) is 0 Å². The molecule has 0 saturated heterocycles. The molecule has 1 aliphatic rings. The molecule has 0 spiro atoms. The Hall–Kier alpha value is -2.27. The molecule has 0 saturated carbocycles. The van der Waals surface area contributed by atoms with Crippen LogP contribution < -0.4 is 5.56 Å². The molecule has 0 radical (unpaired) electrons. The molecule has 30 heavy (non-hydrogen) atoms. The number of thiophene rings is 1. The highest BCUT2D eigenvalue weighted by atomic mass is 32.1. The quantitative estimate of drug-likeness (QED) is 0.513. The van der Waals surface area contributed by atoms with E-state index in [1.807, 2.05) is 24.3 Å². The molecular formula is C25H30N2O2S. The van der Waals surface area contributed by atoms with Crippen molar-refractivity contribution >= 4 is 27.3 Å². The van der Waals surface area contributed by atoms with Gasteiger partial charge in [0.05, 0.1) is 18.3 Å². The van der Waals surface area contributed by atoms with Crippen molar-refractivity contribution in [2.24, 2.45) is 11.3 Å². The molecule has 1 atom stereocenters. The summed E-state index contributed by atoms with van der Waals surface area (Å²) in [5, 5.41) is 0.729. The van der Waals surface area contributed by atoms with Crippen LogP contribution in [0.5, 0.6) is 0 Å². The third-order valence-corrected chi connectivity index (χ3v) is 7.64. The molecule has 0 N–H and O–H groups in total. The summed E-state index contributed by atoms with van der Waals surface area (Å²) in [5.41, 5.74) is 3.17. The fraction of sp³-hybridized carbons (Fsp3) is 0.480. The molecule has 0 amide bonds. The number of hydrogen-bond donors (Lipinski definition) is 0. The van der Waals surface area contributed by atoms with E-state index in [2.05, 4.69) is 39.6 Å². The summed E-state index contributed by atoms with van der Waals surface area (Å²) in [6, 6.07) is 7.69. The molecule has 4 rings (SSSR count). The lowest BCUT2D eigenvalue weighted by Gasteiger charge is -2.33. The normalized spacial score (nSPS) is 16.8. The number of aromatic nitrogens is 2. The molecule has 158 valence electrons. The number of ketones is 1. The average molecular weight is 423 g/mol. The van der Waals surface area contributed by atoms with Gasteiger partial charge >= 0.3 is 0 Å². The second-order valence-corrected chi connectivity index (χ2v) is 11.0. The summed E-state index contributed by atoms with van der Waals surface area (Å²) < 4.78 is 1.48. The summed E-state index contributed by atoms with van der Waals surface area (Å²) in [6.07, 6.45) is 4.56. The number of aryl methyl sites for hydroxylation is 1. The number of fused-ring (bicyclic) bond motifs is 3. The third-order valence-electron chi connectivity index (χ3n) is 6.47. The molecule has 2 aromatic heterocycles. The van der Waals surface area contributed by atoms with Gasteiger partial charge in [-0.15, -0.1) is 11.3 Å². The highest BCUT2D eigenvalue weighted by Gasteiger charge is 2.31. The van der Waals surface area contributed by atoms with Crippen molar-refractivity contribution in [3.8, 4) is 0 Å². The van der Waals surface area contributed by atoms with Gasteiger partial charge in [-0.3, -0.25) is 14.2 Å². The summed E-state index contributed by atoms with van der Waals surface area (Å²) >= 11 is 1.65. The van der Waals surface area contributed by atoms with Crippen LogP contribution in [0.25, 0.3) is 10.2 Å². The van der Waals surface area contributed by atoms with E-state index in [0.29, 0.717) is 17.4 Å². The van der Waals surface area contributed by atoms with Crippen LogP contribution >= 0.6 is 11.3 Å². The molecule has 0 fully saturated rings. The molecule has 1 unspecified atom stereocenters. The number of rotatable bonds is 4. The largest absolute Gasteiger partial charge is 0.292 e. The number of hydrogen-bond acceptors (Lipinski definition) is 4. The van der Waals surface area contributed by atoms with Crippen molar-refractivity contribution in [2.45, 2.75) is 66.3 Å². The summed E-state index contributed by atoms with van der Waals surface area (Å²) in [6.45, 7) is 11.2. The van der Waals surface area contributed by atoms with Crippen molar-refractivity contribution < 1.29 is 4.79 Å². The number of carbonyl (C=O) groups excluding carboxylic acids is 1. The minimum atomic E-state index is -0.0844. The van der Waals surface area contributed by atoms with Gasteiger partial charge in [-0.25, -0.2) is 4.98 Å². The smallest absolute Gasteiger partial charge is 0.262 e. The molecule has 2 heterocycles. The van der Waals surface area contributed by atoms with Gasteiger partial charge in [-0.1, -0.05) is 58.9 Å². The summed E-state index contributed by atoms with van der Waals surface area (Å²) in [4.78, 5) is 32.7. The standard InChI is InChI=1S/C25H30N2O2S/c1-15(2)16-6-8-17(9-7-16)20(28)13-27-14-26-23-22(24(27)29)19-11-10-18(25(3,4)5)12-21(19)30-23/h6-9,14-15,18H,10-13H2,1-5H3. The summed E-state index contributed by atoms with van der Waals surface area (Å²) in [7, 11) is 0. The molecule has 4 nitrogen and oxygen atoms in total. The van der Waals surface area contributed by atoms with Crippen molar-refractivity contribution in [1.82, 2.24) is 9.55 Å². The number of carbonyl (C=O) groups is 1. The van der Waals surface area contributed by atoms with Gasteiger partial charge in [0.15, 0.2) is 5.78 Å². The summed E-state index contributed by atoms with van der Waals surface area (Å²) in [5.74, 6) is 0.979. The van der Waals surface area contributed by atoms with E-state index in [1.54, 1.807) is 11.3 Å². The first kappa shape index (κ1) is 21.0. The van der Waals surface area contributed by atoms with E-state index < -0.39 is 0 Å². The van der Waals surface area contributed by atoms with E-state index in [4.69, 9.17) is 0 Å². The Balaban J connectivity index is 1.63. The van der Waals surface area contributed by atoms with Gasteiger partial charge in [-0.2, -0.15) is 0 Å². The van der Waals surface area contributed by atoms with Gasteiger partial charge in [0, 0.05) is 10.4 Å².